The Balaban J connectivity index is 1.99. The highest BCUT2D eigenvalue weighted by molar-refractivity contribution is 7.98. The summed E-state index contributed by atoms with van der Waals surface area (Å²) in [5.41, 5.74) is 3.14. The predicted molar refractivity (Wildman–Crippen MR) is 97.4 cm³/mol. The first-order valence-corrected chi connectivity index (χ1v) is 8.75. The van der Waals surface area contributed by atoms with Crippen molar-refractivity contribution in [2.75, 3.05) is 19.3 Å². The third kappa shape index (κ3) is 3.50. The molecule has 2 aromatic rings. The lowest BCUT2D eigenvalue weighted by Crippen LogP contribution is -2.40. The van der Waals surface area contributed by atoms with E-state index in [-0.39, 0.29) is 5.96 Å². The van der Waals surface area contributed by atoms with Gasteiger partial charge in [-0.05, 0) is 18.4 Å². The number of hydrazine groups is 1. The number of aliphatic imine (C=N–C) groups is 2. The van der Waals surface area contributed by atoms with Crippen molar-refractivity contribution in [3.8, 4) is 11.8 Å². The standard InChI is InChI=1S/C15H14N8O2S/c1-26-14-12(9-16)13(22(19-14)11-5-3-2-4-6-11)18-10-21-8-7-17-15(21)20-23(24)25/h2-6,10H,7-8H2,1H3,(H,17,20)/b18-10+. The third-order valence-electron chi connectivity index (χ3n) is 3.52. The molecule has 1 aliphatic heterocycles. The molecule has 0 saturated heterocycles. The second-order valence-electron chi connectivity index (χ2n) is 5.08. The molecule has 11 heteroatoms. The van der Waals surface area contributed by atoms with E-state index >= 15 is 0 Å². The molecule has 0 amide bonds. The first-order chi connectivity index (χ1) is 12.6. The second-order valence-corrected chi connectivity index (χ2v) is 5.87. The molecular formula is C15H14N8O2S. The Morgan fingerprint density at radius 2 is 2.23 bits per heavy atom. The number of benzene rings is 1. The molecule has 0 atom stereocenters. The van der Waals surface area contributed by atoms with Gasteiger partial charge in [-0.2, -0.15) is 10.4 Å². The van der Waals surface area contributed by atoms with Crippen LogP contribution in [0.25, 0.3) is 5.69 Å². The van der Waals surface area contributed by atoms with E-state index < -0.39 is 5.03 Å². The van der Waals surface area contributed by atoms with Crippen LogP contribution in [0.4, 0.5) is 5.82 Å². The van der Waals surface area contributed by atoms with E-state index in [1.807, 2.05) is 42.0 Å². The van der Waals surface area contributed by atoms with Crippen molar-refractivity contribution >= 4 is 29.9 Å². The topological polar surface area (TPSA) is 125 Å². The summed E-state index contributed by atoms with van der Waals surface area (Å²) in [6.07, 6.45) is 3.25. The van der Waals surface area contributed by atoms with Crippen LogP contribution in [0.2, 0.25) is 0 Å². The average Bonchev–Trinajstić information content (AvgIpc) is 3.23. The Labute approximate surface area is 153 Å². The maximum absolute atomic E-state index is 10.6. The molecule has 0 fully saturated rings. The van der Waals surface area contributed by atoms with Crippen molar-refractivity contribution in [1.82, 2.24) is 20.1 Å². The number of guanidine groups is 1. The van der Waals surface area contributed by atoms with Crippen LogP contribution in [0.1, 0.15) is 5.56 Å². The second kappa shape index (κ2) is 7.66. The van der Waals surface area contributed by atoms with Gasteiger partial charge in [0, 0.05) is 6.54 Å². The summed E-state index contributed by atoms with van der Waals surface area (Å²) in [7, 11) is 0. The van der Waals surface area contributed by atoms with Crippen molar-refractivity contribution in [2.45, 2.75) is 5.03 Å². The molecule has 0 spiro atoms. The number of hydrogen-bond donors (Lipinski definition) is 1. The Bertz CT molecular complexity index is 916. The minimum absolute atomic E-state index is 0.105. The van der Waals surface area contributed by atoms with Crippen LogP contribution in [-0.2, 0) is 0 Å². The first kappa shape index (κ1) is 17.4. The third-order valence-corrected chi connectivity index (χ3v) is 4.19. The van der Waals surface area contributed by atoms with Gasteiger partial charge in [0.15, 0.2) is 10.9 Å². The van der Waals surface area contributed by atoms with Crippen molar-refractivity contribution in [3.05, 3.63) is 46.0 Å². The lowest BCUT2D eigenvalue weighted by molar-refractivity contribution is -0.526. The van der Waals surface area contributed by atoms with Gasteiger partial charge >= 0.3 is 0 Å². The number of aromatic nitrogens is 2. The quantitative estimate of drug-likeness (QED) is 0.278. The van der Waals surface area contributed by atoms with Crippen LogP contribution in [0.15, 0.2) is 45.3 Å². The number of nitrogens with zero attached hydrogens (tertiary/aromatic N) is 7. The Kier molecular flexibility index (Phi) is 5.14. The van der Waals surface area contributed by atoms with Gasteiger partial charge in [0.2, 0.25) is 0 Å². The highest BCUT2D eigenvalue weighted by Gasteiger charge is 2.21. The number of nitrogens with one attached hydrogen (secondary N) is 1. The molecule has 0 bridgehead atoms. The summed E-state index contributed by atoms with van der Waals surface area (Å²) < 4.78 is 1.58. The number of thioether (sulfide) groups is 1. The normalized spacial score (nSPS) is 13.7. The van der Waals surface area contributed by atoms with Gasteiger partial charge in [0.05, 0.1) is 12.2 Å². The fraction of sp³-hybridized carbons (Fsp3) is 0.200. The van der Waals surface area contributed by atoms with Gasteiger partial charge in [-0.3, -0.25) is 4.90 Å². The Morgan fingerprint density at radius 3 is 2.88 bits per heavy atom. The summed E-state index contributed by atoms with van der Waals surface area (Å²) in [5.74, 6) is 0.462. The molecule has 1 aromatic carbocycles. The number of para-hydroxylation sites is 1. The molecule has 2 heterocycles. The highest BCUT2D eigenvalue weighted by atomic mass is 32.2. The van der Waals surface area contributed by atoms with Gasteiger partial charge in [0.25, 0.3) is 5.96 Å². The molecule has 10 nitrogen and oxygen atoms in total. The van der Waals surface area contributed by atoms with Crippen LogP contribution in [0, 0.1) is 21.4 Å². The van der Waals surface area contributed by atoms with Gasteiger partial charge in [-0.15, -0.1) is 11.8 Å². The SMILES string of the molecule is CSc1nn(-c2ccccc2)c(/N=C/N2CCN=C2N[N+](=O)[O-])c1C#N. The van der Waals surface area contributed by atoms with Gasteiger partial charge < -0.3 is 0 Å². The smallest absolute Gasteiger partial charge is 0.262 e. The summed E-state index contributed by atoms with van der Waals surface area (Å²) in [5, 5.41) is 24.5. The predicted octanol–water partition coefficient (Wildman–Crippen LogP) is 1.58. The average molecular weight is 370 g/mol. The van der Waals surface area contributed by atoms with Gasteiger partial charge in [0.1, 0.15) is 23.0 Å². The lowest BCUT2D eigenvalue weighted by atomic mass is 10.3. The van der Waals surface area contributed by atoms with E-state index in [2.05, 4.69) is 21.2 Å². The summed E-state index contributed by atoms with van der Waals surface area (Å²) in [4.78, 5) is 20.6. The molecular weight excluding hydrogens is 356 g/mol. The van der Waals surface area contributed by atoms with Crippen molar-refractivity contribution < 1.29 is 5.03 Å². The van der Waals surface area contributed by atoms with Crippen LogP contribution in [0.5, 0.6) is 0 Å². The van der Waals surface area contributed by atoms with Crippen molar-refractivity contribution in [2.24, 2.45) is 9.98 Å². The molecule has 0 saturated carbocycles. The molecule has 0 radical (unpaired) electrons. The van der Waals surface area contributed by atoms with Gasteiger partial charge in [-0.25, -0.2) is 24.8 Å². The van der Waals surface area contributed by atoms with Crippen molar-refractivity contribution in [3.63, 3.8) is 0 Å². The van der Waals surface area contributed by atoms with Crippen molar-refractivity contribution in [1.29, 1.82) is 5.26 Å². The molecule has 1 aromatic heterocycles. The number of nitro groups is 1. The molecule has 1 N–H and O–H groups in total. The molecule has 26 heavy (non-hydrogen) atoms. The van der Waals surface area contributed by atoms with E-state index in [0.717, 1.165) is 5.69 Å². The molecule has 1 aliphatic rings. The maximum Gasteiger partial charge on any atom is 0.262 e. The first-order valence-electron chi connectivity index (χ1n) is 7.53. The van der Waals surface area contributed by atoms with E-state index in [0.29, 0.717) is 29.5 Å². The van der Waals surface area contributed by atoms with E-state index in [9.17, 15) is 15.4 Å². The zero-order valence-electron chi connectivity index (χ0n) is 13.7. The fourth-order valence-electron chi connectivity index (χ4n) is 2.38. The monoisotopic (exact) mass is 370 g/mol. The summed E-state index contributed by atoms with van der Waals surface area (Å²) in [6, 6.07) is 11.5. The van der Waals surface area contributed by atoms with Crippen LogP contribution < -0.4 is 5.43 Å². The van der Waals surface area contributed by atoms with Gasteiger partial charge in [-0.1, -0.05) is 23.6 Å². The molecule has 0 aliphatic carbocycles. The summed E-state index contributed by atoms with van der Waals surface area (Å²) >= 11 is 1.35. The molecule has 0 unspecified atom stereocenters. The molecule has 132 valence electrons. The van der Waals surface area contributed by atoms with E-state index in [1.54, 1.807) is 4.68 Å². The largest absolute Gasteiger partial charge is 0.297 e. The van der Waals surface area contributed by atoms with Crippen LogP contribution >= 0.6 is 11.8 Å². The minimum atomic E-state index is -0.675. The van der Waals surface area contributed by atoms with E-state index in [4.69, 9.17) is 0 Å². The maximum atomic E-state index is 10.6. The molecule has 3 rings (SSSR count). The Morgan fingerprint density at radius 1 is 1.46 bits per heavy atom. The minimum Gasteiger partial charge on any atom is -0.297 e. The zero-order chi connectivity index (χ0) is 18.5. The fourth-order valence-corrected chi connectivity index (χ4v) is 2.88. The Hall–Kier alpha value is -3.39. The zero-order valence-corrected chi connectivity index (χ0v) is 14.6. The van der Waals surface area contributed by atoms with E-state index in [1.165, 1.54) is 23.0 Å². The summed E-state index contributed by atoms with van der Waals surface area (Å²) in [6.45, 7) is 0.873. The van der Waals surface area contributed by atoms with Crippen LogP contribution in [0.3, 0.4) is 0 Å². The lowest BCUT2D eigenvalue weighted by Gasteiger charge is -2.11. The number of nitriles is 1. The number of hydrogen-bond acceptors (Lipinski definition) is 7. The van der Waals surface area contributed by atoms with Crippen LogP contribution in [-0.4, -0.2) is 51.4 Å². The highest BCUT2D eigenvalue weighted by Crippen LogP contribution is 2.30. The number of rotatable bonds is 5.